The predicted molar refractivity (Wildman–Crippen MR) is 100 cm³/mol. The molecule has 6 heteroatoms. The minimum atomic E-state index is -3.48. The second kappa shape index (κ2) is 8.81. The molecule has 1 amide bonds. The van der Waals surface area contributed by atoms with Crippen LogP contribution >= 0.6 is 0 Å². The fourth-order valence-corrected chi connectivity index (χ4v) is 4.95. The Morgan fingerprint density at radius 2 is 1.52 bits per heavy atom. The summed E-state index contributed by atoms with van der Waals surface area (Å²) in [5.41, 5.74) is 0.547. The van der Waals surface area contributed by atoms with Crippen LogP contribution in [0.5, 0.6) is 0 Å². The van der Waals surface area contributed by atoms with E-state index >= 15 is 0 Å². The number of sulfonamides is 1. The zero-order valence-corrected chi connectivity index (χ0v) is 16.4. The van der Waals surface area contributed by atoms with E-state index in [1.54, 1.807) is 24.3 Å². The summed E-state index contributed by atoms with van der Waals surface area (Å²) in [6.07, 6.45) is 6.94. The van der Waals surface area contributed by atoms with E-state index in [1.807, 2.05) is 25.8 Å². The molecule has 0 aliphatic heterocycles. The molecule has 0 N–H and O–H groups in total. The number of carbonyl (C=O) groups excluding carboxylic acids is 1. The van der Waals surface area contributed by atoms with Gasteiger partial charge in [0.2, 0.25) is 10.0 Å². The molecule has 1 saturated carbocycles. The minimum absolute atomic E-state index is 0.0290. The monoisotopic (exact) mass is 366 g/mol. The molecule has 1 fully saturated rings. The molecular weight excluding hydrogens is 336 g/mol. The highest BCUT2D eigenvalue weighted by Gasteiger charge is 2.24. The molecule has 0 atom stereocenters. The van der Waals surface area contributed by atoms with Crippen LogP contribution in [0.15, 0.2) is 29.2 Å². The Hall–Kier alpha value is -1.40. The lowest BCUT2D eigenvalue weighted by Gasteiger charge is -2.27. The molecule has 0 radical (unpaired) electrons. The lowest BCUT2D eigenvalue weighted by Crippen LogP contribution is -2.36. The first-order chi connectivity index (χ1) is 11.9. The fraction of sp³-hybridized carbons (Fsp3) is 0.632. The summed E-state index contributed by atoms with van der Waals surface area (Å²) < 4.78 is 26.5. The van der Waals surface area contributed by atoms with Crippen LogP contribution in [0.3, 0.4) is 0 Å². The third-order valence-corrected chi connectivity index (χ3v) is 7.20. The van der Waals surface area contributed by atoms with E-state index in [-0.39, 0.29) is 16.8 Å². The van der Waals surface area contributed by atoms with Crippen LogP contribution in [0.4, 0.5) is 0 Å². The van der Waals surface area contributed by atoms with Gasteiger partial charge in [0.1, 0.15) is 0 Å². The molecule has 1 aliphatic carbocycles. The molecule has 1 aromatic rings. The number of benzene rings is 1. The SMILES string of the molecule is CCN(CC)S(=O)(=O)c1ccc(C(=O)N(C)C2CCCCCC2)cc1. The number of hydrogen-bond acceptors (Lipinski definition) is 3. The van der Waals surface area contributed by atoms with Crippen molar-refractivity contribution in [2.75, 3.05) is 20.1 Å². The molecule has 1 aliphatic rings. The Kier molecular flexibility index (Phi) is 7.02. The first-order valence-electron chi connectivity index (χ1n) is 9.29. The summed E-state index contributed by atoms with van der Waals surface area (Å²) in [5.74, 6) is -0.0290. The summed E-state index contributed by atoms with van der Waals surface area (Å²) in [4.78, 5) is 14.8. The molecule has 0 aromatic heterocycles. The second-order valence-electron chi connectivity index (χ2n) is 6.68. The van der Waals surface area contributed by atoms with Crippen molar-refractivity contribution in [2.24, 2.45) is 0 Å². The van der Waals surface area contributed by atoms with Crippen molar-refractivity contribution in [3.8, 4) is 0 Å². The van der Waals surface area contributed by atoms with E-state index in [0.29, 0.717) is 18.7 Å². The Morgan fingerprint density at radius 1 is 1.00 bits per heavy atom. The van der Waals surface area contributed by atoms with E-state index in [4.69, 9.17) is 0 Å². The minimum Gasteiger partial charge on any atom is -0.339 e. The maximum absolute atomic E-state index is 12.7. The van der Waals surface area contributed by atoms with E-state index in [2.05, 4.69) is 0 Å². The number of rotatable bonds is 6. The van der Waals surface area contributed by atoms with E-state index < -0.39 is 10.0 Å². The molecule has 0 bridgehead atoms. The largest absolute Gasteiger partial charge is 0.339 e. The standard InChI is InChI=1S/C19H30N2O3S/c1-4-21(5-2)25(23,24)18-14-12-16(13-15-18)19(22)20(3)17-10-8-6-7-9-11-17/h12-15,17H,4-11H2,1-3H3. The van der Waals surface area contributed by atoms with Gasteiger partial charge in [-0.25, -0.2) is 8.42 Å². The van der Waals surface area contributed by atoms with Crippen molar-refractivity contribution >= 4 is 15.9 Å². The zero-order valence-electron chi connectivity index (χ0n) is 15.6. The van der Waals surface area contributed by atoms with Gasteiger partial charge in [-0.15, -0.1) is 0 Å². The van der Waals surface area contributed by atoms with Crippen LogP contribution in [0.1, 0.15) is 62.7 Å². The lowest BCUT2D eigenvalue weighted by atomic mass is 10.1. The average Bonchev–Trinajstić information content (AvgIpc) is 2.91. The van der Waals surface area contributed by atoms with Crippen molar-refractivity contribution in [3.05, 3.63) is 29.8 Å². The number of carbonyl (C=O) groups is 1. The molecule has 0 heterocycles. The summed E-state index contributed by atoms with van der Waals surface area (Å²) in [6, 6.07) is 6.63. The highest BCUT2D eigenvalue weighted by Crippen LogP contribution is 2.23. The van der Waals surface area contributed by atoms with Crippen molar-refractivity contribution in [3.63, 3.8) is 0 Å². The summed E-state index contributed by atoms with van der Waals surface area (Å²) in [5, 5.41) is 0. The van der Waals surface area contributed by atoms with Gasteiger partial charge in [-0.3, -0.25) is 4.79 Å². The molecular formula is C19H30N2O3S. The van der Waals surface area contributed by atoms with Crippen molar-refractivity contribution < 1.29 is 13.2 Å². The van der Waals surface area contributed by atoms with Gasteiger partial charge in [0, 0.05) is 31.7 Å². The maximum atomic E-state index is 12.7. The Balaban J connectivity index is 2.14. The highest BCUT2D eigenvalue weighted by atomic mass is 32.2. The molecule has 0 saturated heterocycles. The summed E-state index contributed by atoms with van der Waals surface area (Å²) in [7, 11) is -1.62. The van der Waals surface area contributed by atoms with Crippen LogP contribution < -0.4 is 0 Å². The van der Waals surface area contributed by atoms with Gasteiger partial charge >= 0.3 is 0 Å². The highest BCUT2D eigenvalue weighted by molar-refractivity contribution is 7.89. The molecule has 0 spiro atoms. The predicted octanol–water partition coefficient (Wildman–Crippen LogP) is 3.51. The van der Waals surface area contributed by atoms with E-state index in [0.717, 1.165) is 12.8 Å². The fourth-order valence-electron chi connectivity index (χ4n) is 3.50. The number of amides is 1. The maximum Gasteiger partial charge on any atom is 0.253 e. The molecule has 5 nitrogen and oxygen atoms in total. The normalized spacial score (nSPS) is 16.6. The van der Waals surface area contributed by atoms with Crippen LogP contribution in [-0.4, -0.2) is 49.7 Å². The first kappa shape index (κ1) is 19.9. The molecule has 140 valence electrons. The lowest BCUT2D eigenvalue weighted by molar-refractivity contribution is 0.0717. The van der Waals surface area contributed by atoms with Crippen molar-refractivity contribution in [1.29, 1.82) is 0 Å². The topological polar surface area (TPSA) is 57.7 Å². The van der Waals surface area contributed by atoms with Gasteiger partial charge in [0.25, 0.3) is 5.91 Å². The van der Waals surface area contributed by atoms with Crippen LogP contribution in [-0.2, 0) is 10.0 Å². The Bertz CT molecular complexity index is 658. The quantitative estimate of drug-likeness (QED) is 0.724. The number of nitrogens with zero attached hydrogens (tertiary/aromatic N) is 2. The molecule has 25 heavy (non-hydrogen) atoms. The van der Waals surface area contributed by atoms with Gasteiger partial charge in [0.15, 0.2) is 0 Å². The third kappa shape index (κ3) is 4.61. The first-order valence-corrected chi connectivity index (χ1v) is 10.7. The third-order valence-electron chi connectivity index (χ3n) is 5.14. The second-order valence-corrected chi connectivity index (χ2v) is 8.61. The van der Waals surface area contributed by atoms with Gasteiger partial charge in [-0.2, -0.15) is 4.31 Å². The zero-order chi connectivity index (χ0) is 18.4. The van der Waals surface area contributed by atoms with Gasteiger partial charge in [0.05, 0.1) is 4.90 Å². The summed E-state index contributed by atoms with van der Waals surface area (Å²) >= 11 is 0. The van der Waals surface area contributed by atoms with Crippen molar-refractivity contribution in [1.82, 2.24) is 9.21 Å². The van der Waals surface area contributed by atoms with Gasteiger partial charge in [-0.1, -0.05) is 39.5 Å². The summed E-state index contributed by atoms with van der Waals surface area (Å²) in [6.45, 7) is 4.51. The number of hydrogen-bond donors (Lipinski definition) is 0. The van der Waals surface area contributed by atoms with Crippen LogP contribution in [0.2, 0.25) is 0 Å². The van der Waals surface area contributed by atoms with Crippen molar-refractivity contribution in [2.45, 2.75) is 63.3 Å². The smallest absolute Gasteiger partial charge is 0.253 e. The molecule has 2 rings (SSSR count). The van der Waals surface area contributed by atoms with Gasteiger partial charge < -0.3 is 4.90 Å². The Morgan fingerprint density at radius 3 is 2.00 bits per heavy atom. The molecule has 1 aromatic carbocycles. The van der Waals surface area contributed by atoms with E-state index in [1.165, 1.54) is 30.0 Å². The van der Waals surface area contributed by atoms with E-state index in [9.17, 15) is 13.2 Å². The Labute approximate surface area is 152 Å². The average molecular weight is 367 g/mol. The van der Waals surface area contributed by atoms with Crippen LogP contribution in [0.25, 0.3) is 0 Å². The molecule has 0 unspecified atom stereocenters. The van der Waals surface area contributed by atoms with Gasteiger partial charge in [-0.05, 0) is 37.1 Å². The van der Waals surface area contributed by atoms with Crippen LogP contribution in [0, 0.1) is 0 Å².